The summed E-state index contributed by atoms with van der Waals surface area (Å²) >= 11 is 0. The number of aromatic amines is 1. The highest BCUT2D eigenvalue weighted by molar-refractivity contribution is 5.84. The van der Waals surface area contributed by atoms with E-state index in [1.165, 1.54) is 0 Å². The van der Waals surface area contributed by atoms with Crippen LogP contribution in [0.15, 0.2) is 30.5 Å². The summed E-state index contributed by atoms with van der Waals surface area (Å²) in [6.07, 6.45) is 2.26. The number of ether oxygens (including phenoxy) is 1. The number of carbonyl (C=O) groups is 1. The topological polar surface area (TPSA) is 68.1 Å². The maximum Gasteiger partial charge on any atom is 0.306 e. The minimum Gasteiger partial charge on any atom is -0.466 e. The monoisotopic (exact) mass is 246 g/mol. The van der Waals surface area contributed by atoms with E-state index in [2.05, 4.69) is 4.98 Å². The van der Waals surface area contributed by atoms with Crippen molar-refractivity contribution in [3.8, 4) is 0 Å². The van der Waals surface area contributed by atoms with E-state index < -0.39 is 0 Å². The second-order valence-corrected chi connectivity index (χ2v) is 4.23. The third-order valence-electron chi connectivity index (χ3n) is 3.06. The second-order valence-electron chi connectivity index (χ2n) is 4.23. The van der Waals surface area contributed by atoms with Crippen molar-refractivity contribution in [1.82, 2.24) is 4.98 Å². The van der Waals surface area contributed by atoms with Crippen LogP contribution in [0.2, 0.25) is 0 Å². The molecule has 4 heteroatoms. The summed E-state index contributed by atoms with van der Waals surface area (Å²) in [6.45, 7) is 2.64. The van der Waals surface area contributed by atoms with Gasteiger partial charge in [-0.05, 0) is 25.1 Å². The van der Waals surface area contributed by atoms with Crippen LogP contribution >= 0.6 is 0 Å². The molecule has 1 aromatic carbocycles. The molecule has 0 aliphatic rings. The Morgan fingerprint density at radius 1 is 1.44 bits per heavy atom. The van der Waals surface area contributed by atoms with Crippen molar-refractivity contribution in [3.63, 3.8) is 0 Å². The summed E-state index contributed by atoms with van der Waals surface area (Å²) < 4.78 is 4.98. The highest BCUT2D eigenvalue weighted by atomic mass is 16.5. The number of para-hydroxylation sites is 1. The number of nitrogens with two attached hydrogens (primary N) is 1. The van der Waals surface area contributed by atoms with E-state index in [-0.39, 0.29) is 11.9 Å². The molecule has 1 unspecified atom stereocenters. The summed E-state index contributed by atoms with van der Waals surface area (Å²) in [7, 11) is 0. The van der Waals surface area contributed by atoms with Gasteiger partial charge in [-0.25, -0.2) is 0 Å². The molecule has 1 heterocycles. The van der Waals surface area contributed by atoms with Gasteiger partial charge in [0.1, 0.15) is 0 Å². The fourth-order valence-electron chi connectivity index (χ4n) is 2.17. The highest BCUT2D eigenvalue weighted by Crippen LogP contribution is 2.27. The van der Waals surface area contributed by atoms with E-state index >= 15 is 0 Å². The lowest BCUT2D eigenvalue weighted by atomic mass is 9.95. The van der Waals surface area contributed by atoms with E-state index in [9.17, 15) is 4.79 Å². The fourth-order valence-corrected chi connectivity index (χ4v) is 2.17. The third kappa shape index (κ3) is 2.54. The lowest BCUT2D eigenvalue weighted by Crippen LogP contribution is -2.17. The van der Waals surface area contributed by atoms with Crippen LogP contribution in [0, 0.1) is 0 Å². The molecule has 1 atom stereocenters. The molecule has 0 amide bonds. The molecule has 0 spiro atoms. The maximum absolute atomic E-state index is 11.6. The van der Waals surface area contributed by atoms with Gasteiger partial charge in [0.15, 0.2) is 0 Å². The first-order valence-electron chi connectivity index (χ1n) is 6.18. The number of hydrogen-bond acceptors (Lipinski definition) is 3. The van der Waals surface area contributed by atoms with Crippen LogP contribution in [0.25, 0.3) is 10.9 Å². The van der Waals surface area contributed by atoms with Gasteiger partial charge in [-0.1, -0.05) is 18.2 Å². The van der Waals surface area contributed by atoms with Gasteiger partial charge < -0.3 is 15.5 Å². The number of fused-ring (bicyclic) bond motifs is 1. The summed E-state index contributed by atoms with van der Waals surface area (Å²) in [5, 5.41) is 1.12. The Kier molecular flexibility index (Phi) is 3.99. The molecule has 0 saturated carbocycles. The molecule has 0 aliphatic carbocycles. The largest absolute Gasteiger partial charge is 0.466 e. The molecule has 0 radical (unpaired) electrons. The van der Waals surface area contributed by atoms with E-state index in [0.29, 0.717) is 19.6 Å². The Morgan fingerprint density at radius 3 is 2.94 bits per heavy atom. The quantitative estimate of drug-likeness (QED) is 0.794. The van der Waals surface area contributed by atoms with Gasteiger partial charge in [0.2, 0.25) is 0 Å². The summed E-state index contributed by atoms with van der Waals surface area (Å²) in [6, 6.07) is 8.01. The number of hydrogen-bond donors (Lipinski definition) is 2. The summed E-state index contributed by atoms with van der Waals surface area (Å²) in [5.41, 5.74) is 7.93. The normalized spacial score (nSPS) is 12.6. The third-order valence-corrected chi connectivity index (χ3v) is 3.06. The first kappa shape index (κ1) is 12.6. The number of nitrogens with one attached hydrogen (secondary N) is 1. The smallest absolute Gasteiger partial charge is 0.306 e. The Balaban J connectivity index is 2.24. The Bertz CT molecular complexity index is 533. The van der Waals surface area contributed by atoms with Crippen LogP contribution in [0.4, 0.5) is 0 Å². The van der Waals surface area contributed by atoms with E-state index in [0.717, 1.165) is 16.5 Å². The minimum absolute atomic E-state index is 0.000185. The molecule has 96 valence electrons. The molecule has 18 heavy (non-hydrogen) atoms. The summed E-state index contributed by atoms with van der Waals surface area (Å²) in [4.78, 5) is 14.8. The van der Waals surface area contributed by atoms with Crippen LogP contribution in [0.5, 0.6) is 0 Å². The number of H-pyrrole nitrogens is 1. The van der Waals surface area contributed by atoms with Crippen LogP contribution < -0.4 is 5.73 Å². The summed E-state index contributed by atoms with van der Waals surface area (Å²) in [5.74, 6) is -0.196. The second kappa shape index (κ2) is 5.69. The number of esters is 1. The number of rotatable bonds is 5. The van der Waals surface area contributed by atoms with Gasteiger partial charge in [-0.3, -0.25) is 4.79 Å². The van der Waals surface area contributed by atoms with Crippen molar-refractivity contribution >= 4 is 16.9 Å². The molecule has 0 fully saturated rings. The average molecular weight is 246 g/mol. The molecular weight excluding hydrogens is 228 g/mol. The van der Waals surface area contributed by atoms with Gasteiger partial charge in [0, 0.05) is 23.0 Å². The molecular formula is C14H18N2O2. The van der Waals surface area contributed by atoms with Crippen molar-refractivity contribution in [2.75, 3.05) is 13.2 Å². The first-order chi connectivity index (χ1) is 8.76. The van der Waals surface area contributed by atoms with Crippen LogP contribution in [-0.4, -0.2) is 24.1 Å². The van der Waals surface area contributed by atoms with Gasteiger partial charge in [0.05, 0.1) is 13.0 Å². The lowest BCUT2D eigenvalue weighted by Gasteiger charge is -2.13. The Hall–Kier alpha value is -1.81. The van der Waals surface area contributed by atoms with Crippen LogP contribution in [0.3, 0.4) is 0 Å². The fraction of sp³-hybridized carbons (Fsp3) is 0.357. The molecule has 4 nitrogen and oxygen atoms in total. The van der Waals surface area contributed by atoms with Crippen molar-refractivity contribution in [2.24, 2.45) is 5.73 Å². The van der Waals surface area contributed by atoms with Crippen LogP contribution in [0.1, 0.15) is 24.8 Å². The Labute approximate surface area is 106 Å². The van der Waals surface area contributed by atoms with Gasteiger partial charge in [-0.2, -0.15) is 0 Å². The molecule has 0 bridgehead atoms. The molecule has 2 rings (SSSR count). The molecule has 1 aromatic heterocycles. The first-order valence-corrected chi connectivity index (χ1v) is 6.18. The molecule has 0 aliphatic heterocycles. The average Bonchev–Trinajstić information content (AvgIpc) is 2.80. The highest BCUT2D eigenvalue weighted by Gasteiger charge is 2.18. The SMILES string of the molecule is CCOC(=O)CC(CN)c1c[nH]c2ccccc12. The van der Waals surface area contributed by atoms with Gasteiger partial charge >= 0.3 is 5.97 Å². The zero-order chi connectivity index (χ0) is 13.0. The minimum atomic E-state index is -0.196. The number of carbonyl (C=O) groups excluding carboxylic acids is 1. The van der Waals surface area contributed by atoms with Crippen molar-refractivity contribution in [1.29, 1.82) is 0 Å². The molecule has 0 saturated heterocycles. The molecule has 3 N–H and O–H groups in total. The molecule has 2 aromatic rings. The predicted molar refractivity (Wildman–Crippen MR) is 71.3 cm³/mol. The number of aromatic nitrogens is 1. The van der Waals surface area contributed by atoms with Crippen molar-refractivity contribution in [2.45, 2.75) is 19.3 Å². The van der Waals surface area contributed by atoms with Gasteiger partial charge in [-0.15, -0.1) is 0 Å². The van der Waals surface area contributed by atoms with Crippen molar-refractivity contribution in [3.05, 3.63) is 36.0 Å². The van der Waals surface area contributed by atoms with Crippen molar-refractivity contribution < 1.29 is 9.53 Å². The predicted octanol–water partition coefficient (Wildman–Crippen LogP) is 2.16. The zero-order valence-corrected chi connectivity index (χ0v) is 10.5. The lowest BCUT2D eigenvalue weighted by molar-refractivity contribution is -0.143. The van der Waals surface area contributed by atoms with Gasteiger partial charge in [0.25, 0.3) is 0 Å². The number of benzene rings is 1. The van der Waals surface area contributed by atoms with E-state index in [1.807, 2.05) is 30.5 Å². The van der Waals surface area contributed by atoms with E-state index in [4.69, 9.17) is 10.5 Å². The standard InChI is InChI=1S/C14H18N2O2/c1-2-18-14(17)7-10(8-15)12-9-16-13-6-4-3-5-11(12)13/h3-6,9-10,16H,2,7-8,15H2,1H3. The zero-order valence-electron chi connectivity index (χ0n) is 10.5. The van der Waals surface area contributed by atoms with E-state index in [1.54, 1.807) is 6.92 Å². The van der Waals surface area contributed by atoms with Crippen LogP contribution in [-0.2, 0) is 9.53 Å². The Morgan fingerprint density at radius 2 is 2.22 bits per heavy atom. The maximum atomic E-state index is 11.6.